The molecule has 0 amide bonds. The second-order valence-electron chi connectivity index (χ2n) is 4.15. The van der Waals surface area contributed by atoms with Crippen LogP contribution in [0.4, 0.5) is 8.78 Å². The molecule has 3 rings (SSSR count). The van der Waals surface area contributed by atoms with Crippen molar-refractivity contribution in [2.45, 2.75) is 0 Å². The van der Waals surface area contributed by atoms with Crippen LogP contribution in [0, 0.1) is 11.6 Å². The molecule has 0 aliphatic rings. The summed E-state index contributed by atoms with van der Waals surface area (Å²) < 4.78 is 28.5. The van der Waals surface area contributed by atoms with Crippen LogP contribution in [-0.2, 0) is 0 Å². The highest BCUT2D eigenvalue weighted by atomic mass is 35.5. The fourth-order valence-corrected chi connectivity index (χ4v) is 2.22. The van der Waals surface area contributed by atoms with Gasteiger partial charge >= 0.3 is 5.97 Å². The van der Waals surface area contributed by atoms with Crippen LogP contribution in [0.1, 0.15) is 10.4 Å². The third kappa shape index (κ3) is 2.02. The third-order valence-electron chi connectivity index (χ3n) is 2.91. The normalized spacial score (nSPS) is 11.0. The molecular weight excluding hydrogens is 304 g/mol. The lowest BCUT2D eigenvalue weighted by atomic mass is 10.2. The van der Waals surface area contributed by atoms with E-state index in [0.717, 1.165) is 23.0 Å². The molecule has 3 aromatic rings. The molecule has 0 spiro atoms. The number of halogens is 3. The van der Waals surface area contributed by atoms with Crippen LogP contribution >= 0.6 is 11.6 Å². The van der Waals surface area contributed by atoms with Crippen molar-refractivity contribution in [2.75, 3.05) is 0 Å². The van der Waals surface area contributed by atoms with E-state index in [0.29, 0.717) is 0 Å². The zero-order valence-electron chi connectivity index (χ0n) is 10.2. The third-order valence-corrected chi connectivity index (χ3v) is 3.32. The minimum atomic E-state index is -1.25. The van der Waals surface area contributed by atoms with E-state index in [4.69, 9.17) is 16.7 Å². The van der Waals surface area contributed by atoms with E-state index in [1.54, 1.807) is 0 Å². The van der Waals surface area contributed by atoms with Gasteiger partial charge in [-0.25, -0.2) is 23.2 Å². The lowest BCUT2D eigenvalue weighted by molar-refractivity contribution is 0.0697. The molecule has 8 heteroatoms. The number of nitrogens with zero attached hydrogens (tertiary/aromatic N) is 3. The molecule has 2 aromatic heterocycles. The van der Waals surface area contributed by atoms with Gasteiger partial charge in [0, 0.05) is 6.20 Å². The summed E-state index contributed by atoms with van der Waals surface area (Å²) in [4.78, 5) is 14.9. The van der Waals surface area contributed by atoms with Crippen LogP contribution in [0.2, 0.25) is 5.02 Å². The van der Waals surface area contributed by atoms with E-state index >= 15 is 0 Å². The second-order valence-corrected chi connectivity index (χ2v) is 4.53. The maximum absolute atomic E-state index is 13.8. The quantitative estimate of drug-likeness (QED) is 0.790. The monoisotopic (exact) mass is 309 g/mol. The molecule has 0 aliphatic heterocycles. The van der Waals surface area contributed by atoms with E-state index in [-0.39, 0.29) is 21.6 Å². The van der Waals surface area contributed by atoms with Crippen molar-refractivity contribution in [1.82, 2.24) is 14.8 Å². The van der Waals surface area contributed by atoms with Gasteiger partial charge in [-0.3, -0.25) is 0 Å². The van der Waals surface area contributed by atoms with Gasteiger partial charge in [0.25, 0.3) is 0 Å². The maximum atomic E-state index is 13.8. The molecule has 0 atom stereocenters. The smallest absolute Gasteiger partial charge is 0.338 e. The Hall–Kier alpha value is -2.54. The summed E-state index contributed by atoms with van der Waals surface area (Å²) in [7, 11) is 0. The molecule has 0 saturated heterocycles. The summed E-state index contributed by atoms with van der Waals surface area (Å²) in [6.45, 7) is 0. The summed E-state index contributed by atoms with van der Waals surface area (Å²) >= 11 is 5.96. The van der Waals surface area contributed by atoms with E-state index in [2.05, 4.69) is 10.1 Å². The summed E-state index contributed by atoms with van der Waals surface area (Å²) in [6.07, 6.45) is 2.23. The zero-order chi connectivity index (χ0) is 15.1. The van der Waals surface area contributed by atoms with Gasteiger partial charge in [0.2, 0.25) is 0 Å². The van der Waals surface area contributed by atoms with Gasteiger partial charge in [-0.1, -0.05) is 17.7 Å². The van der Waals surface area contributed by atoms with Crippen LogP contribution in [0.5, 0.6) is 0 Å². The first kappa shape index (κ1) is 13.4. The summed E-state index contributed by atoms with van der Waals surface area (Å²) in [5, 5.41) is 12.9. The van der Waals surface area contributed by atoms with Gasteiger partial charge in [-0.2, -0.15) is 5.10 Å². The summed E-state index contributed by atoms with van der Waals surface area (Å²) in [5.74, 6) is -2.89. The fourth-order valence-electron chi connectivity index (χ4n) is 1.95. The summed E-state index contributed by atoms with van der Waals surface area (Å²) in [6, 6.07) is 3.39. The number of fused-ring (bicyclic) bond motifs is 1. The predicted molar refractivity (Wildman–Crippen MR) is 70.8 cm³/mol. The van der Waals surface area contributed by atoms with E-state index in [9.17, 15) is 13.6 Å². The summed E-state index contributed by atoms with van der Waals surface area (Å²) in [5.41, 5.74) is -0.550. The Labute approximate surface area is 121 Å². The Morgan fingerprint density at radius 1 is 1.24 bits per heavy atom. The molecule has 0 radical (unpaired) electrons. The predicted octanol–water partition coefficient (Wildman–Crippen LogP) is 3.05. The number of pyridine rings is 1. The number of carbonyl (C=O) groups is 1. The van der Waals surface area contributed by atoms with Gasteiger partial charge < -0.3 is 5.11 Å². The standard InChI is InChI=1S/C13H6ClF2N3O2/c14-10-6-5-18-19(11-8(15)2-1-3-9(11)16)12(6)17-4-7(10)13(20)21/h1-5H,(H,20,21). The first-order valence-corrected chi connectivity index (χ1v) is 6.08. The van der Waals surface area contributed by atoms with Crippen LogP contribution in [0.15, 0.2) is 30.6 Å². The van der Waals surface area contributed by atoms with E-state index in [1.807, 2.05) is 0 Å². The molecule has 0 fully saturated rings. The number of rotatable bonds is 2. The second kappa shape index (κ2) is 4.78. The molecule has 5 nitrogen and oxygen atoms in total. The molecule has 1 aromatic carbocycles. The van der Waals surface area contributed by atoms with E-state index in [1.165, 1.54) is 12.3 Å². The Balaban J connectivity index is 2.32. The highest BCUT2D eigenvalue weighted by Crippen LogP contribution is 2.28. The molecule has 0 bridgehead atoms. The zero-order valence-corrected chi connectivity index (χ0v) is 11.0. The number of benzene rings is 1. The highest BCUT2D eigenvalue weighted by Gasteiger charge is 2.19. The maximum Gasteiger partial charge on any atom is 0.338 e. The largest absolute Gasteiger partial charge is 0.478 e. The topological polar surface area (TPSA) is 68.0 Å². The highest BCUT2D eigenvalue weighted by molar-refractivity contribution is 6.38. The molecule has 1 N–H and O–H groups in total. The average molecular weight is 310 g/mol. The van der Waals surface area contributed by atoms with Gasteiger partial charge in [-0.05, 0) is 12.1 Å². The number of hydrogen-bond acceptors (Lipinski definition) is 3. The lowest BCUT2D eigenvalue weighted by Crippen LogP contribution is -2.05. The molecule has 0 saturated carbocycles. The van der Waals surface area contributed by atoms with Crippen LogP contribution in [-0.4, -0.2) is 25.8 Å². The van der Waals surface area contributed by atoms with Gasteiger partial charge in [-0.15, -0.1) is 0 Å². The van der Waals surface area contributed by atoms with Crippen molar-refractivity contribution in [2.24, 2.45) is 0 Å². The molecule has 2 heterocycles. The van der Waals surface area contributed by atoms with E-state index < -0.39 is 23.3 Å². The Kier molecular flexibility index (Phi) is 3.06. The van der Waals surface area contributed by atoms with Gasteiger partial charge in [0.1, 0.15) is 5.69 Å². The van der Waals surface area contributed by atoms with Gasteiger partial charge in [0.15, 0.2) is 17.3 Å². The minimum Gasteiger partial charge on any atom is -0.478 e. The van der Waals surface area contributed by atoms with Gasteiger partial charge in [0.05, 0.1) is 22.2 Å². The van der Waals surface area contributed by atoms with Crippen molar-refractivity contribution in [3.8, 4) is 5.69 Å². The Morgan fingerprint density at radius 3 is 2.52 bits per heavy atom. The fraction of sp³-hybridized carbons (Fsp3) is 0. The first-order chi connectivity index (χ1) is 10.0. The average Bonchev–Trinajstić information content (AvgIpc) is 2.83. The number of carboxylic acids is 1. The SMILES string of the molecule is O=C(O)c1cnc2c(cnn2-c2c(F)cccc2F)c1Cl. The minimum absolute atomic E-state index is 0.0639. The van der Waals surface area contributed by atoms with Crippen molar-refractivity contribution in [3.05, 3.63) is 52.8 Å². The number of aromatic nitrogens is 3. The molecule has 106 valence electrons. The Morgan fingerprint density at radius 2 is 1.90 bits per heavy atom. The lowest BCUT2D eigenvalue weighted by Gasteiger charge is -2.06. The number of aromatic carboxylic acids is 1. The molecule has 21 heavy (non-hydrogen) atoms. The Bertz CT molecular complexity index is 859. The molecule has 0 aliphatic carbocycles. The van der Waals surface area contributed by atoms with Crippen molar-refractivity contribution >= 4 is 28.6 Å². The first-order valence-electron chi connectivity index (χ1n) is 5.70. The molecular formula is C13H6ClF2N3O2. The number of para-hydroxylation sites is 1. The van der Waals surface area contributed by atoms with Crippen LogP contribution in [0.3, 0.4) is 0 Å². The van der Waals surface area contributed by atoms with Crippen molar-refractivity contribution in [3.63, 3.8) is 0 Å². The van der Waals surface area contributed by atoms with Crippen LogP contribution in [0.25, 0.3) is 16.7 Å². The van der Waals surface area contributed by atoms with Crippen LogP contribution < -0.4 is 0 Å². The van der Waals surface area contributed by atoms with Crippen molar-refractivity contribution in [1.29, 1.82) is 0 Å². The number of hydrogen-bond donors (Lipinski definition) is 1. The molecule has 0 unspecified atom stereocenters. The number of carboxylic acid groups (broad SMARTS) is 1. The van der Waals surface area contributed by atoms with Crippen molar-refractivity contribution < 1.29 is 18.7 Å².